The Labute approximate surface area is 111 Å². The summed E-state index contributed by atoms with van der Waals surface area (Å²) in [6.07, 6.45) is 0.936. The van der Waals surface area contributed by atoms with Gasteiger partial charge < -0.3 is 4.74 Å². The fourth-order valence-corrected chi connectivity index (χ4v) is 2.27. The maximum absolute atomic E-state index is 12.8. The van der Waals surface area contributed by atoms with Crippen molar-refractivity contribution in [3.63, 3.8) is 0 Å². The third-order valence-electron chi connectivity index (χ3n) is 3.19. The van der Waals surface area contributed by atoms with E-state index in [-0.39, 0.29) is 18.2 Å². The van der Waals surface area contributed by atoms with Crippen molar-refractivity contribution in [3.8, 4) is 0 Å². The highest BCUT2D eigenvalue weighted by Gasteiger charge is 2.35. The van der Waals surface area contributed by atoms with Gasteiger partial charge in [0.2, 0.25) is 0 Å². The summed E-state index contributed by atoms with van der Waals surface area (Å²) in [5.74, 6) is -0.546. The number of carbonyl (C=O) groups excluding carboxylic acids is 2. The first-order valence-corrected chi connectivity index (χ1v) is 6.36. The highest BCUT2D eigenvalue weighted by molar-refractivity contribution is 6.01. The van der Waals surface area contributed by atoms with Gasteiger partial charge in [-0.3, -0.25) is 9.69 Å². The third kappa shape index (κ3) is 2.92. The van der Waals surface area contributed by atoms with E-state index in [0.29, 0.717) is 18.5 Å². The van der Waals surface area contributed by atoms with Gasteiger partial charge in [0.1, 0.15) is 5.82 Å². The molecule has 0 spiro atoms. The van der Waals surface area contributed by atoms with E-state index in [4.69, 9.17) is 4.74 Å². The van der Waals surface area contributed by atoms with Gasteiger partial charge in [0, 0.05) is 12.1 Å². The number of likely N-dealkylation sites (tertiary alicyclic amines) is 1. The number of halogens is 1. The summed E-state index contributed by atoms with van der Waals surface area (Å²) in [5.41, 5.74) is 0.419. The van der Waals surface area contributed by atoms with Crippen molar-refractivity contribution in [2.45, 2.75) is 25.8 Å². The molecule has 0 radical (unpaired) electrons. The van der Waals surface area contributed by atoms with Crippen LogP contribution in [-0.4, -0.2) is 36.0 Å². The van der Waals surface area contributed by atoms with Crippen LogP contribution in [0.1, 0.15) is 30.1 Å². The van der Waals surface area contributed by atoms with E-state index in [0.717, 1.165) is 6.42 Å². The second-order valence-electron chi connectivity index (χ2n) is 4.42. The molecule has 1 aliphatic rings. The summed E-state index contributed by atoms with van der Waals surface area (Å²) < 4.78 is 17.8. The van der Waals surface area contributed by atoms with Crippen molar-refractivity contribution in [3.05, 3.63) is 35.6 Å². The minimum absolute atomic E-state index is 0.162. The van der Waals surface area contributed by atoms with Gasteiger partial charge in [-0.05, 0) is 44.0 Å². The predicted octanol–water partition coefficient (Wildman–Crippen LogP) is 2.63. The molecule has 1 fully saturated rings. The number of carbonyl (C=O) groups is 2. The van der Waals surface area contributed by atoms with Crippen LogP contribution in [0.2, 0.25) is 0 Å². The second kappa shape index (κ2) is 5.82. The SMILES string of the molecule is CCOC(=O)N1CCCC1C(=O)c1ccc(F)cc1. The summed E-state index contributed by atoms with van der Waals surface area (Å²) in [7, 11) is 0. The Balaban J connectivity index is 2.13. The van der Waals surface area contributed by atoms with E-state index in [1.807, 2.05) is 0 Å². The Morgan fingerprint density at radius 2 is 2.05 bits per heavy atom. The molecular formula is C14H16FNO3. The number of nitrogens with zero attached hydrogens (tertiary/aromatic N) is 1. The van der Waals surface area contributed by atoms with E-state index in [2.05, 4.69) is 0 Å². The van der Waals surface area contributed by atoms with Crippen molar-refractivity contribution >= 4 is 11.9 Å². The molecule has 1 amide bonds. The van der Waals surface area contributed by atoms with Crippen molar-refractivity contribution in [1.82, 2.24) is 4.90 Å². The van der Waals surface area contributed by atoms with Gasteiger partial charge in [-0.25, -0.2) is 9.18 Å². The molecule has 0 aliphatic carbocycles. The van der Waals surface area contributed by atoms with E-state index in [1.165, 1.54) is 29.2 Å². The Hall–Kier alpha value is -1.91. The molecule has 4 nitrogen and oxygen atoms in total. The van der Waals surface area contributed by atoms with Gasteiger partial charge in [-0.2, -0.15) is 0 Å². The highest BCUT2D eigenvalue weighted by atomic mass is 19.1. The lowest BCUT2D eigenvalue weighted by atomic mass is 10.0. The molecular weight excluding hydrogens is 249 g/mol. The van der Waals surface area contributed by atoms with Gasteiger partial charge in [-0.1, -0.05) is 0 Å². The van der Waals surface area contributed by atoms with Crippen LogP contribution in [0.15, 0.2) is 24.3 Å². The fourth-order valence-electron chi connectivity index (χ4n) is 2.27. The zero-order chi connectivity index (χ0) is 13.8. The molecule has 0 bridgehead atoms. The van der Waals surface area contributed by atoms with E-state index < -0.39 is 12.1 Å². The Morgan fingerprint density at radius 3 is 2.68 bits per heavy atom. The zero-order valence-corrected chi connectivity index (χ0v) is 10.8. The molecule has 0 saturated carbocycles. The lowest BCUT2D eigenvalue weighted by molar-refractivity contribution is 0.0775. The molecule has 1 saturated heterocycles. The minimum atomic E-state index is -0.496. The molecule has 1 atom stereocenters. The maximum atomic E-state index is 12.8. The number of Topliss-reactive ketones (excluding diaryl/α,β-unsaturated/α-hetero) is 1. The van der Waals surface area contributed by atoms with Crippen molar-refractivity contribution in [2.24, 2.45) is 0 Å². The molecule has 1 aliphatic heterocycles. The molecule has 1 aromatic rings. The van der Waals surface area contributed by atoms with Crippen LogP contribution in [-0.2, 0) is 4.74 Å². The van der Waals surface area contributed by atoms with Crippen LogP contribution in [0.3, 0.4) is 0 Å². The summed E-state index contributed by atoms with van der Waals surface area (Å²) >= 11 is 0. The average Bonchev–Trinajstić information content (AvgIpc) is 2.88. The standard InChI is InChI=1S/C14H16FNO3/c1-2-19-14(18)16-9-3-4-12(16)13(17)10-5-7-11(15)8-6-10/h5-8,12H,2-4,9H2,1H3. The maximum Gasteiger partial charge on any atom is 0.410 e. The first kappa shape index (κ1) is 13.5. The third-order valence-corrected chi connectivity index (χ3v) is 3.19. The van der Waals surface area contributed by atoms with Gasteiger partial charge in [0.15, 0.2) is 5.78 Å². The van der Waals surface area contributed by atoms with Crippen LogP contribution < -0.4 is 0 Å². The Bertz CT molecular complexity index is 472. The number of rotatable bonds is 3. The molecule has 0 aromatic heterocycles. The molecule has 1 heterocycles. The smallest absolute Gasteiger partial charge is 0.410 e. The van der Waals surface area contributed by atoms with Gasteiger partial charge in [-0.15, -0.1) is 0 Å². The van der Waals surface area contributed by atoms with Crippen LogP contribution in [0.4, 0.5) is 9.18 Å². The first-order valence-electron chi connectivity index (χ1n) is 6.36. The van der Waals surface area contributed by atoms with E-state index in [1.54, 1.807) is 6.92 Å². The number of hydrogen-bond acceptors (Lipinski definition) is 3. The fraction of sp³-hybridized carbons (Fsp3) is 0.429. The molecule has 5 heteroatoms. The number of hydrogen-bond donors (Lipinski definition) is 0. The van der Waals surface area contributed by atoms with Crippen LogP contribution >= 0.6 is 0 Å². The highest BCUT2D eigenvalue weighted by Crippen LogP contribution is 2.22. The van der Waals surface area contributed by atoms with Crippen LogP contribution in [0.25, 0.3) is 0 Å². The Kier molecular flexibility index (Phi) is 4.14. The first-order chi connectivity index (χ1) is 9.13. The summed E-state index contributed by atoms with van der Waals surface area (Å²) in [6, 6.07) is 4.89. The average molecular weight is 265 g/mol. The normalized spacial score (nSPS) is 18.4. The van der Waals surface area contributed by atoms with Crippen LogP contribution in [0, 0.1) is 5.82 Å². The predicted molar refractivity (Wildman–Crippen MR) is 67.5 cm³/mol. The minimum Gasteiger partial charge on any atom is -0.450 e. The topological polar surface area (TPSA) is 46.6 Å². The Morgan fingerprint density at radius 1 is 1.37 bits per heavy atom. The summed E-state index contributed by atoms with van der Waals surface area (Å²) in [6.45, 7) is 2.54. The number of ketones is 1. The monoisotopic (exact) mass is 265 g/mol. The quantitative estimate of drug-likeness (QED) is 0.789. The molecule has 2 rings (SSSR count). The van der Waals surface area contributed by atoms with E-state index >= 15 is 0 Å². The molecule has 102 valence electrons. The number of benzene rings is 1. The second-order valence-corrected chi connectivity index (χ2v) is 4.42. The van der Waals surface area contributed by atoms with Crippen molar-refractivity contribution in [1.29, 1.82) is 0 Å². The van der Waals surface area contributed by atoms with Gasteiger partial charge in [0.25, 0.3) is 0 Å². The lowest BCUT2D eigenvalue weighted by Gasteiger charge is -2.22. The molecule has 19 heavy (non-hydrogen) atoms. The summed E-state index contributed by atoms with van der Waals surface area (Å²) in [5, 5.41) is 0. The lowest BCUT2D eigenvalue weighted by Crippen LogP contribution is -2.40. The number of ether oxygens (including phenoxy) is 1. The van der Waals surface area contributed by atoms with Gasteiger partial charge in [0.05, 0.1) is 12.6 Å². The van der Waals surface area contributed by atoms with Crippen molar-refractivity contribution in [2.75, 3.05) is 13.2 Å². The zero-order valence-electron chi connectivity index (χ0n) is 10.8. The number of amides is 1. The largest absolute Gasteiger partial charge is 0.450 e. The van der Waals surface area contributed by atoms with E-state index in [9.17, 15) is 14.0 Å². The molecule has 1 unspecified atom stereocenters. The molecule has 0 N–H and O–H groups in total. The molecule has 1 aromatic carbocycles. The van der Waals surface area contributed by atoms with Crippen molar-refractivity contribution < 1.29 is 18.7 Å². The van der Waals surface area contributed by atoms with Gasteiger partial charge >= 0.3 is 6.09 Å². The van der Waals surface area contributed by atoms with Crippen LogP contribution in [0.5, 0.6) is 0 Å². The summed E-state index contributed by atoms with van der Waals surface area (Å²) in [4.78, 5) is 25.5.